The van der Waals surface area contributed by atoms with Gasteiger partial charge in [-0.3, -0.25) is 4.79 Å². The third-order valence-corrected chi connectivity index (χ3v) is 3.49. The van der Waals surface area contributed by atoms with Crippen molar-refractivity contribution in [2.75, 3.05) is 0 Å². The zero-order valence-electron chi connectivity index (χ0n) is 11.5. The predicted molar refractivity (Wildman–Crippen MR) is 77.5 cm³/mol. The highest BCUT2D eigenvalue weighted by molar-refractivity contribution is 5.93. The lowest BCUT2D eigenvalue weighted by Gasteiger charge is -2.15. The highest BCUT2D eigenvalue weighted by Gasteiger charge is 2.11. The average molecular weight is 240 g/mol. The zero-order chi connectivity index (χ0) is 13.3. The molecule has 0 radical (unpaired) electrons. The maximum Gasteiger partial charge on any atom is 0.150 e. The number of aldehydes is 1. The van der Waals surface area contributed by atoms with Crippen molar-refractivity contribution in [2.24, 2.45) is 0 Å². The molecule has 1 nitrogen and oxygen atoms in total. The van der Waals surface area contributed by atoms with Gasteiger partial charge in [0.1, 0.15) is 6.29 Å². The molecule has 2 aromatic carbocycles. The van der Waals surface area contributed by atoms with Gasteiger partial charge in [0, 0.05) is 5.56 Å². The fraction of sp³-hybridized carbons (Fsp3) is 0.353. The average Bonchev–Trinajstić information content (AvgIpc) is 2.35. The van der Waals surface area contributed by atoms with Crippen LogP contribution in [0.25, 0.3) is 10.8 Å². The van der Waals surface area contributed by atoms with E-state index in [9.17, 15) is 4.79 Å². The van der Waals surface area contributed by atoms with Crippen LogP contribution in [0.4, 0.5) is 0 Å². The second kappa shape index (κ2) is 4.93. The van der Waals surface area contributed by atoms with Gasteiger partial charge in [-0.25, -0.2) is 0 Å². The molecule has 0 saturated carbocycles. The van der Waals surface area contributed by atoms with E-state index in [1.54, 1.807) is 0 Å². The minimum atomic E-state index is 0.370. The summed E-state index contributed by atoms with van der Waals surface area (Å²) in [5.41, 5.74) is 3.32. The quantitative estimate of drug-likeness (QED) is 0.697. The van der Waals surface area contributed by atoms with E-state index in [4.69, 9.17) is 0 Å². The van der Waals surface area contributed by atoms with Crippen LogP contribution >= 0.6 is 0 Å². The molecule has 0 aromatic heterocycles. The molecule has 0 N–H and O–H groups in total. The molecule has 0 aliphatic rings. The van der Waals surface area contributed by atoms with E-state index in [-0.39, 0.29) is 0 Å². The molecule has 18 heavy (non-hydrogen) atoms. The maximum absolute atomic E-state index is 11.2. The molecule has 0 fully saturated rings. The van der Waals surface area contributed by atoms with E-state index in [1.165, 1.54) is 10.9 Å². The number of hydrogen-bond acceptors (Lipinski definition) is 1. The van der Waals surface area contributed by atoms with Crippen LogP contribution in [0, 0.1) is 0 Å². The molecule has 0 atom stereocenters. The molecule has 0 amide bonds. The van der Waals surface area contributed by atoms with E-state index in [1.807, 2.05) is 6.07 Å². The van der Waals surface area contributed by atoms with Crippen molar-refractivity contribution in [3.63, 3.8) is 0 Å². The first kappa shape index (κ1) is 12.8. The summed E-state index contributed by atoms with van der Waals surface area (Å²) in [6.45, 7) is 8.67. The van der Waals surface area contributed by atoms with Gasteiger partial charge in [-0.05, 0) is 45.9 Å². The van der Waals surface area contributed by atoms with Gasteiger partial charge in [0.2, 0.25) is 0 Å². The molecular weight excluding hydrogens is 220 g/mol. The minimum absolute atomic E-state index is 0.370. The summed E-state index contributed by atoms with van der Waals surface area (Å²) in [5.74, 6) is 0.866. The standard InChI is InChI=1S/C17H20O/c1-11(2)15-7-5-6-13-8-14(10-18)16(12(3)4)9-17(13)15/h5-12H,1-4H3. The Bertz CT molecular complexity index is 579. The highest BCUT2D eigenvalue weighted by atomic mass is 16.1. The van der Waals surface area contributed by atoms with E-state index >= 15 is 0 Å². The summed E-state index contributed by atoms with van der Waals surface area (Å²) in [6.07, 6.45) is 0.969. The number of rotatable bonds is 3. The largest absolute Gasteiger partial charge is 0.298 e. The first-order chi connectivity index (χ1) is 8.54. The molecule has 0 unspecified atom stereocenters. The topological polar surface area (TPSA) is 17.1 Å². The SMILES string of the molecule is CC(C)c1cc2c(C(C)C)cccc2cc1C=O. The van der Waals surface area contributed by atoms with Crippen molar-refractivity contribution >= 4 is 17.1 Å². The van der Waals surface area contributed by atoms with Crippen LogP contribution in [0.2, 0.25) is 0 Å². The summed E-state index contributed by atoms with van der Waals surface area (Å²) in [6, 6.07) is 10.5. The second-order valence-corrected chi connectivity index (χ2v) is 5.48. The van der Waals surface area contributed by atoms with Crippen LogP contribution < -0.4 is 0 Å². The lowest BCUT2D eigenvalue weighted by molar-refractivity contribution is 0.112. The van der Waals surface area contributed by atoms with Crippen molar-refractivity contribution in [1.82, 2.24) is 0 Å². The Kier molecular flexibility index (Phi) is 3.51. The summed E-state index contributed by atoms with van der Waals surface area (Å²) in [5, 5.41) is 2.44. The van der Waals surface area contributed by atoms with Crippen LogP contribution in [0.1, 0.15) is 61.0 Å². The Balaban J connectivity index is 2.79. The summed E-state index contributed by atoms with van der Waals surface area (Å²) in [4.78, 5) is 11.2. The molecule has 0 aliphatic carbocycles. The summed E-state index contributed by atoms with van der Waals surface area (Å²) in [7, 11) is 0. The van der Waals surface area contributed by atoms with Crippen LogP contribution in [0.3, 0.4) is 0 Å². The first-order valence-corrected chi connectivity index (χ1v) is 6.56. The second-order valence-electron chi connectivity index (χ2n) is 5.48. The van der Waals surface area contributed by atoms with Gasteiger partial charge in [0.15, 0.2) is 0 Å². The molecule has 0 aliphatic heterocycles. The Morgan fingerprint density at radius 1 is 0.944 bits per heavy atom. The van der Waals surface area contributed by atoms with Gasteiger partial charge >= 0.3 is 0 Å². The van der Waals surface area contributed by atoms with E-state index in [2.05, 4.69) is 52.0 Å². The number of benzene rings is 2. The van der Waals surface area contributed by atoms with Gasteiger partial charge < -0.3 is 0 Å². The molecule has 94 valence electrons. The van der Waals surface area contributed by atoms with Crippen molar-refractivity contribution < 1.29 is 4.79 Å². The number of fused-ring (bicyclic) bond motifs is 1. The van der Waals surface area contributed by atoms with Gasteiger partial charge in [-0.15, -0.1) is 0 Å². The Morgan fingerprint density at radius 3 is 2.17 bits per heavy atom. The van der Waals surface area contributed by atoms with E-state index in [0.717, 1.165) is 22.8 Å². The van der Waals surface area contributed by atoms with E-state index in [0.29, 0.717) is 11.8 Å². The fourth-order valence-corrected chi connectivity index (χ4v) is 2.49. The minimum Gasteiger partial charge on any atom is -0.298 e. The first-order valence-electron chi connectivity index (χ1n) is 6.56. The van der Waals surface area contributed by atoms with Gasteiger partial charge in [-0.2, -0.15) is 0 Å². The molecule has 0 heterocycles. The van der Waals surface area contributed by atoms with Gasteiger partial charge in [-0.1, -0.05) is 45.9 Å². The van der Waals surface area contributed by atoms with Crippen molar-refractivity contribution in [2.45, 2.75) is 39.5 Å². The summed E-state index contributed by atoms with van der Waals surface area (Å²) >= 11 is 0. The van der Waals surface area contributed by atoms with Crippen LogP contribution in [0.15, 0.2) is 30.3 Å². The number of carbonyl (C=O) groups excluding carboxylic acids is 1. The third-order valence-electron chi connectivity index (χ3n) is 3.49. The molecule has 0 bridgehead atoms. The maximum atomic E-state index is 11.2. The Morgan fingerprint density at radius 2 is 1.61 bits per heavy atom. The van der Waals surface area contributed by atoms with Crippen molar-refractivity contribution in [3.05, 3.63) is 47.0 Å². The van der Waals surface area contributed by atoms with E-state index < -0.39 is 0 Å². The Labute approximate surface area is 109 Å². The third kappa shape index (κ3) is 2.17. The monoisotopic (exact) mass is 240 g/mol. The lowest BCUT2D eigenvalue weighted by Crippen LogP contribution is -1.97. The predicted octanol–water partition coefficient (Wildman–Crippen LogP) is 4.90. The highest BCUT2D eigenvalue weighted by Crippen LogP contribution is 2.30. The molecule has 0 spiro atoms. The Hall–Kier alpha value is -1.63. The van der Waals surface area contributed by atoms with Crippen molar-refractivity contribution in [3.8, 4) is 0 Å². The van der Waals surface area contributed by atoms with Crippen LogP contribution in [0.5, 0.6) is 0 Å². The summed E-state index contributed by atoms with van der Waals surface area (Å²) < 4.78 is 0. The van der Waals surface area contributed by atoms with Gasteiger partial charge in [0.05, 0.1) is 0 Å². The molecule has 0 saturated heterocycles. The molecular formula is C17H20O. The lowest BCUT2D eigenvalue weighted by atomic mass is 9.89. The van der Waals surface area contributed by atoms with Crippen LogP contribution in [-0.2, 0) is 0 Å². The smallest absolute Gasteiger partial charge is 0.150 e. The van der Waals surface area contributed by atoms with Crippen molar-refractivity contribution in [1.29, 1.82) is 0 Å². The molecule has 2 aromatic rings. The number of carbonyl (C=O) groups is 1. The zero-order valence-corrected chi connectivity index (χ0v) is 11.5. The van der Waals surface area contributed by atoms with Crippen LogP contribution in [-0.4, -0.2) is 6.29 Å². The fourth-order valence-electron chi connectivity index (χ4n) is 2.49. The molecule has 1 heteroatoms. The number of hydrogen-bond donors (Lipinski definition) is 0. The molecule has 2 rings (SSSR count). The van der Waals surface area contributed by atoms with Gasteiger partial charge in [0.25, 0.3) is 0 Å². The normalized spacial score (nSPS) is 11.4.